The van der Waals surface area contributed by atoms with Gasteiger partial charge in [-0.15, -0.1) is 0 Å². The van der Waals surface area contributed by atoms with Gasteiger partial charge in [0, 0.05) is 35.2 Å². The third kappa shape index (κ3) is 6.16. The Bertz CT molecular complexity index is 1490. The van der Waals surface area contributed by atoms with Crippen molar-refractivity contribution in [2.24, 2.45) is 0 Å². The zero-order chi connectivity index (χ0) is 24.0. The van der Waals surface area contributed by atoms with Gasteiger partial charge in [-0.05, 0) is 42.8 Å². The van der Waals surface area contributed by atoms with Crippen LogP contribution in [0.4, 0.5) is 0 Å². The molecule has 1 N–H and O–H groups in total. The number of carboxylic acid groups (broad SMARTS) is 1. The van der Waals surface area contributed by atoms with E-state index in [2.05, 4.69) is 21.8 Å². The SMILES string of the molecule is CS(=O)(=O)c1cccc2c(Cl)ccnc12.Cc1ccccc1C#Cc1ccc(C(=O)O)nc1. The van der Waals surface area contributed by atoms with Gasteiger partial charge in [0.15, 0.2) is 9.84 Å². The molecule has 0 unspecified atom stereocenters. The van der Waals surface area contributed by atoms with E-state index in [1.54, 1.807) is 24.3 Å². The fourth-order valence-corrected chi connectivity index (χ4v) is 3.91. The van der Waals surface area contributed by atoms with Crippen molar-refractivity contribution in [3.63, 3.8) is 0 Å². The molecule has 0 aliphatic rings. The molecule has 0 aliphatic heterocycles. The Kier molecular flexibility index (Phi) is 7.44. The molecule has 2 aromatic carbocycles. The maximum absolute atomic E-state index is 11.5. The molecule has 2 heterocycles. The first-order chi connectivity index (χ1) is 15.7. The summed E-state index contributed by atoms with van der Waals surface area (Å²) in [6.45, 7) is 2.00. The standard InChI is InChI=1S/C15H11NO2.C10H8ClNO2S/c1-11-4-2-3-5-13(11)8-6-12-7-9-14(15(17)18)16-10-12;1-15(13,14)9-4-2-3-7-8(11)5-6-12-10(7)9/h2-5,7,9-10H,1H3,(H,17,18);2-6H,1H3. The molecule has 166 valence electrons. The van der Waals surface area contributed by atoms with Crippen molar-refractivity contribution in [3.8, 4) is 11.8 Å². The number of hydrogen-bond donors (Lipinski definition) is 1. The van der Waals surface area contributed by atoms with Crippen molar-refractivity contribution in [2.45, 2.75) is 11.8 Å². The number of halogens is 1. The summed E-state index contributed by atoms with van der Waals surface area (Å²) in [4.78, 5) is 18.7. The first kappa shape index (κ1) is 23.9. The predicted molar refractivity (Wildman–Crippen MR) is 128 cm³/mol. The predicted octanol–water partition coefficient (Wildman–Crippen LogP) is 4.78. The molecule has 6 nitrogen and oxygen atoms in total. The molecule has 0 saturated carbocycles. The van der Waals surface area contributed by atoms with Gasteiger partial charge < -0.3 is 5.11 Å². The van der Waals surface area contributed by atoms with Gasteiger partial charge in [-0.1, -0.05) is 53.8 Å². The second-order valence-corrected chi connectivity index (χ2v) is 9.41. The fourth-order valence-electron chi connectivity index (χ4n) is 2.86. The van der Waals surface area contributed by atoms with Gasteiger partial charge in [0.1, 0.15) is 5.69 Å². The Labute approximate surface area is 196 Å². The van der Waals surface area contributed by atoms with Crippen LogP contribution in [-0.4, -0.2) is 35.7 Å². The van der Waals surface area contributed by atoms with Crippen LogP contribution in [0.1, 0.15) is 27.2 Å². The lowest BCUT2D eigenvalue weighted by Crippen LogP contribution is -1.99. The van der Waals surface area contributed by atoms with E-state index in [1.165, 1.54) is 24.5 Å². The van der Waals surface area contributed by atoms with Crippen LogP contribution in [0, 0.1) is 18.8 Å². The van der Waals surface area contributed by atoms with Gasteiger partial charge >= 0.3 is 5.97 Å². The number of aromatic nitrogens is 2. The largest absolute Gasteiger partial charge is 0.477 e. The van der Waals surface area contributed by atoms with Crippen LogP contribution in [0.2, 0.25) is 5.02 Å². The molecule has 4 rings (SSSR count). The van der Waals surface area contributed by atoms with Crippen molar-refractivity contribution in [1.29, 1.82) is 0 Å². The molecule has 0 amide bonds. The Morgan fingerprint density at radius 1 is 0.970 bits per heavy atom. The molecule has 0 atom stereocenters. The smallest absolute Gasteiger partial charge is 0.354 e. The molecule has 33 heavy (non-hydrogen) atoms. The van der Waals surface area contributed by atoms with Gasteiger partial charge in [-0.2, -0.15) is 0 Å². The summed E-state index contributed by atoms with van der Waals surface area (Å²) in [5.41, 5.74) is 3.21. The molecule has 0 radical (unpaired) electrons. The van der Waals surface area contributed by atoms with E-state index >= 15 is 0 Å². The number of benzene rings is 2. The highest BCUT2D eigenvalue weighted by Crippen LogP contribution is 2.26. The van der Waals surface area contributed by atoms with Crippen LogP contribution in [0.3, 0.4) is 0 Å². The molecule has 4 aromatic rings. The number of carboxylic acids is 1. The Balaban J connectivity index is 0.000000189. The highest BCUT2D eigenvalue weighted by Gasteiger charge is 2.13. The third-order valence-corrected chi connectivity index (χ3v) is 6.01. The van der Waals surface area contributed by atoms with Crippen molar-refractivity contribution in [3.05, 3.63) is 100 Å². The number of pyridine rings is 2. The quantitative estimate of drug-likeness (QED) is 0.416. The van der Waals surface area contributed by atoms with Crippen LogP contribution in [0.25, 0.3) is 10.9 Å². The number of carbonyl (C=O) groups is 1. The first-order valence-electron chi connectivity index (χ1n) is 9.67. The summed E-state index contributed by atoms with van der Waals surface area (Å²) in [5.74, 6) is 4.97. The Morgan fingerprint density at radius 3 is 2.36 bits per heavy atom. The number of para-hydroxylation sites is 1. The normalized spacial score (nSPS) is 10.5. The second kappa shape index (κ2) is 10.3. The molecule has 0 fully saturated rings. The third-order valence-electron chi connectivity index (χ3n) is 4.55. The molecule has 0 bridgehead atoms. The molecule has 2 aromatic heterocycles. The van der Waals surface area contributed by atoms with Crippen LogP contribution in [0.5, 0.6) is 0 Å². The van der Waals surface area contributed by atoms with Gasteiger partial charge in [-0.25, -0.2) is 18.2 Å². The fraction of sp³-hybridized carbons (Fsp3) is 0.0800. The average Bonchev–Trinajstić information content (AvgIpc) is 2.78. The summed E-state index contributed by atoms with van der Waals surface area (Å²) < 4.78 is 23.0. The van der Waals surface area contributed by atoms with Gasteiger partial charge in [0.25, 0.3) is 0 Å². The number of hydrogen-bond acceptors (Lipinski definition) is 5. The maximum atomic E-state index is 11.5. The number of fused-ring (bicyclic) bond motifs is 1. The van der Waals surface area contributed by atoms with Crippen LogP contribution in [0.15, 0.2) is 78.0 Å². The molecular weight excluding hydrogens is 460 g/mol. The lowest BCUT2D eigenvalue weighted by Gasteiger charge is -2.04. The molecule has 0 saturated heterocycles. The van der Waals surface area contributed by atoms with E-state index < -0.39 is 15.8 Å². The lowest BCUT2D eigenvalue weighted by molar-refractivity contribution is 0.0690. The Hall–Kier alpha value is -3.73. The minimum atomic E-state index is -3.27. The van der Waals surface area contributed by atoms with Gasteiger partial charge in [-0.3, -0.25) is 4.98 Å². The van der Waals surface area contributed by atoms with E-state index in [1.807, 2.05) is 31.2 Å². The van der Waals surface area contributed by atoms with Crippen molar-refractivity contribution in [2.75, 3.05) is 6.26 Å². The lowest BCUT2D eigenvalue weighted by atomic mass is 10.1. The summed E-state index contributed by atoms with van der Waals surface area (Å²) in [5, 5.41) is 9.88. The van der Waals surface area contributed by atoms with E-state index in [-0.39, 0.29) is 10.6 Å². The average molecular weight is 479 g/mol. The number of nitrogens with zero attached hydrogens (tertiary/aromatic N) is 2. The summed E-state index contributed by atoms with van der Waals surface area (Å²) in [6.07, 6.45) is 4.12. The van der Waals surface area contributed by atoms with Crippen LogP contribution in [-0.2, 0) is 9.84 Å². The monoisotopic (exact) mass is 478 g/mol. The zero-order valence-corrected chi connectivity index (χ0v) is 19.4. The zero-order valence-electron chi connectivity index (χ0n) is 17.8. The van der Waals surface area contributed by atoms with Gasteiger partial charge in [0.05, 0.1) is 15.4 Å². The topological polar surface area (TPSA) is 97.2 Å². The van der Waals surface area contributed by atoms with E-state index in [0.29, 0.717) is 21.5 Å². The summed E-state index contributed by atoms with van der Waals surface area (Å²) in [6, 6.07) is 17.5. The second-order valence-electron chi connectivity index (χ2n) is 7.02. The van der Waals surface area contributed by atoms with Crippen LogP contribution >= 0.6 is 11.6 Å². The van der Waals surface area contributed by atoms with E-state index in [9.17, 15) is 13.2 Å². The minimum absolute atomic E-state index is 0.0245. The van der Waals surface area contributed by atoms with Crippen molar-refractivity contribution >= 4 is 38.3 Å². The minimum Gasteiger partial charge on any atom is -0.477 e. The first-order valence-corrected chi connectivity index (χ1v) is 11.9. The molecule has 8 heteroatoms. The summed E-state index contributed by atoms with van der Waals surface area (Å²) >= 11 is 5.94. The number of rotatable bonds is 2. The van der Waals surface area contributed by atoms with Crippen molar-refractivity contribution in [1.82, 2.24) is 9.97 Å². The maximum Gasteiger partial charge on any atom is 0.354 e. The highest BCUT2D eigenvalue weighted by molar-refractivity contribution is 7.91. The van der Waals surface area contributed by atoms with E-state index in [4.69, 9.17) is 16.7 Å². The van der Waals surface area contributed by atoms with Gasteiger partial charge in [0.2, 0.25) is 0 Å². The molecule has 0 spiro atoms. The Morgan fingerprint density at radius 2 is 1.73 bits per heavy atom. The van der Waals surface area contributed by atoms with Crippen molar-refractivity contribution < 1.29 is 18.3 Å². The van der Waals surface area contributed by atoms with Crippen LogP contribution < -0.4 is 0 Å². The number of sulfone groups is 1. The molecular formula is C25H19ClN2O4S. The molecule has 0 aliphatic carbocycles. The number of aromatic carboxylic acids is 1. The van der Waals surface area contributed by atoms with E-state index in [0.717, 1.165) is 17.4 Å². The highest BCUT2D eigenvalue weighted by atomic mass is 35.5. The summed E-state index contributed by atoms with van der Waals surface area (Å²) in [7, 11) is -3.27. The number of aryl methyl sites for hydroxylation is 1.